The second-order valence-electron chi connectivity index (χ2n) is 5.34. The number of nitrogens with zero attached hydrogens (tertiary/aromatic N) is 2. The fourth-order valence-electron chi connectivity index (χ4n) is 2.48. The van der Waals surface area contributed by atoms with Crippen molar-refractivity contribution >= 4 is 23.0 Å². The van der Waals surface area contributed by atoms with Crippen molar-refractivity contribution in [3.8, 4) is 0 Å². The molecule has 1 aliphatic rings. The van der Waals surface area contributed by atoms with Crippen LogP contribution in [0.3, 0.4) is 0 Å². The van der Waals surface area contributed by atoms with E-state index in [0.717, 1.165) is 25.6 Å². The van der Waals surface area contributed by atoms with Crippen molar-refractivity contribution in [3.05, 3.63) is 33.3 Å². The molecular weight excluding hydrogens is 278 g/mol. The van der Waals surface area contributed by atoms with Crippen LogP contribution in [-0.4, -0.2) is 36.0 Å². The number of likely N-dealkylation sites (tertiary alicyclic amines) is 1. The third-order valence-electron chi connectivity index (χ3n) is 3.79. The first-order chi connectivity index (χ1) is 9.58. The molecule has 1 N–H and O–H groups in total. The Labute approximate surface area is 124 Å². The molecule has 0 amide bonds. The molecule has 20 heavy (non-hydrogen) atoms. The Morgan fingerprint density at radius 2 is 2.15 bits per heavy atom. The van der Waals surface area contributed by atoms with E-state index in [2.05, 4.69) is 17.1 Å². The van der Waals surface area contributed by atoms with E-state index in [1.807, 2.05) is 0 Å². The second-order valence-corrected chi connectivity index (χ2v) is 5.75. The lowest BCUT2D eigenvalue weighted by Gasteiger charge is -2.30. The Morgan fingerprint density at radius 3 is 2.80 bits per heavy atom. The Balaban J connectivity index is 1.88. The van der Waals surface area contributed by atoms with Gasteiger partial charge in [-0.25, -0.2) is 0 Å². The van der Waals surface area contributed by atoms with Crippen LogP contribution in [0.5, 0.6) is 0 Å². The van der Waals surface area contributed by atoms with Crippen LogP contribution in [0.25, 0.3) is 0 Å². The van der Waals surface area contributed by atoms with E-state index in [1.165, 1.54) is 18.9 Å². The number of nitro groups is 1. The first-order valence-corrected chi connectivity index (χ1v) is 7.35. The molecule has 2 rings (SSSR count). The number of hydrogen-bond donors (Lipinski definition) is 1. The number of benzene rings is 1. The minimum absolute atomic E-state index is 0.0403. The summed E-state index contributed by atoms with van der Waals surface area (Å²) in [5.74, 6) is 0.813. The predicted octanol–water partition coefficient (Wildman–Crippen LogP) is 3.39. The molecule has 6 heteroatoms. The summed E-state index contributed by atoms with van der Waals surface area (Å²) in [5.41, 5.74) is 0.453. The molecule has 0 aliphatic carbocycles. The first-order valence-electron chi connectivity index (χ1n) is 6.97. The van der Waals surface area contributed by atoms with Gasteiger partial charge in [0.25, 0.3) is 0 Å². The molecule has 0 spiro atoms. The normalized spacial score (nSPS) is 17.1. The summed E-state index contributed by atoms with van der Waals surface area (Å²) in [6, 6.07) is 4.96. The number of rotatable bonds is 5. The van der Waals surface area contributed by atoms with Crippen molar-refractivity contribution < 1.29 is 4.92 Å². The molecule has 1 aromatic carbocycles. The molecule has 1 heterocycles. The average molecular weight is 298 g/mol. The Morgan fingerprint density at radius 1 is 1.45 bits per heavy atom. The molecule has 0 unspecified atom stereocenters. The van der Waals surface area contributed by atoms with Gasteiger partial charge in [-0.15, -0.1) is 0 Å². The van der Waals surface area contributed by atoms with Crippen molar-refractivity contribution in [3.63, 3.8) is 0 Å². The van der Waals surface area contributed by atoms with Gasteiger partial charge in [0, 0.05) is 13.1 Å². The summed E-state index contributed by atoms with van der Waals surface area (Å²) in [7, 11) is 0. The Kier molecular flexibility index (Phi) is 5.20. The zero-order valence-electron chi connectivity index (χ0n) is 11.6. The van der Waals surface area contributed by atoms with Gasteiger partial charge in [0.2, 0.25) is 0 Å². The summed E-state index contributed by atoms with van der Waals surface area (Å²) >= 11 is 5.88. The smallest absolute Gasteiger partial charge is 0.310 e. The molecule has 1 aromatic rings. The number of halogens is 1. The molecule has 1 aliphatic heterocycles. The molecule has 1 saturated heterocycles. The molecule has 0 saturated carbocycles. The van der Waals surface area contributed by atoms with Gasteiger partial charge in [-0.1, -0.05) is 24.6 Å². The average Bonchev–Trinajstić information content (AvgIpc) is 2.40. The van der Waals surface area contributed by atoms with E-state index >= 15 is 0 Å². The molecule has 0 aromatic heterocycles. The minimum Gasteiger partial charge on any atom is -0.378 e. The van der Waals surface area contributed by atoms with Gasteiger partial charge in [0.05, 0.1) is 4.92 Å². The van der Waals surface area contributed by atoms with Gasteiger partial charge in [-0.05, 0) is 44.0 Å². The van der Waals surface area contributed by atoms with E-state index in [-0.39, 0.29) is 10.7 Å². The van der Waals surface area contributed by atoms with Crippen molar-refractivity contribution in [2.24, 2.45) is 5.92 Å². The summed E-state index contributed by atoms with van der Waals surface area (Å²) in [6.07, 6.45) is 2.47. The Bertz CT molecular complexity index is 473. The lowest BCUT2D eigenvalue weighted by Crippen LogP contribution is -2.36. The summed E-state index contributed by atoms with van der Waals surface area (Å²) in [6.45, 7) is 6.10. The zero-order valence-corrected chi connectivity index (χ0v) is 12.4. The third-order valence-corrected chi connectivity index (χ3v) is 4.09. The van der Waals surface area contributed by atoms with E-state index in [4.69, 9.17) is 11.6 Å². The summed E-state index contributed by atoms with van der Waals surface area (Å²) in [4.78, 5) is 13.0. The van der Waals surface area contributed by atoms with Crippen LogP contribution in [0.4, 0.5) is 11.4 Å². The molecule has 1 fully saturated rings. The maximum atomic E-state index is 11.0. The monoisotopic (exact) mass is 297 g/mol. The van der Waals surface area contributed by atoms with Gasteiger partial charge in [-0.3, -0.25) is 10.1 Å². The summed E-state index contributed by atoms with van der Waals surface area (Å²) in [5, 5.41) is 14.3. The van der Waals surface area contributed by atoms with Gasteiger partial charge in [-0.2, -0.15) is 0 Å². The minimum atomic E-state index is -0.437. The maximum Gasteiger partial charge on any atom is 0.310 e. The Hall–Kier alpha value is -1.33. The van der Waals surface area contributed by atoms with Gasteiger partial charge in [0.15, 0.2) is 0 Å². The lowest BCUT2D eigenvalue weighted by molar-refractivity contribution is -0.383. The number of piperidine rings is 1. The highest BCUT2D eigenvalue weighted by Crippen LogP contribution is 2.32. The number of para-hydroxylation sites is 1. The number of anilines is 1. The van der Waals surface area contributed by atoms with Crippen LogP contribution < -0.4 is 5.32 Å². The third kappa shape index (κ3) is 3.84. The molecule has 110 valence electrons. The molecular formula is C14H20ClN3O2. The predicted molar refractivity (Wildman–Crippen MR) is 81.4 cm³/mol. The fourth-order valence-corrected chi connectivity index (χ4v) is 2.72. The molecule has 5 nitrogen and oxygen atoms in total. The van der Waals surface area contributed by atoms with E-state index in [1.54, 1.807) is 12.1 Å². The van der Waals surface area contributed by atoms with E-state index in [0.29, 0.717) is 12.2 Å². The molecule has 0 radical (unpaired) electrons. The van der Waals surface area contributed by atoms with Crippen LogP contribution in [0, 0.1) is 16.0 Å². The molecule has 0 atom stereocenters. The van der Waals surface area contributed by atoms with Crippen molar-refractivity contribution in [2.75, 3.05) is 31.5 Å². The van der Waals surface area contributed by atoms with E-state index in [9.17, 15) is 10.1 Å². The zero-order chi connectivity index (χ0) is 14.5. The van der Waals surface area contributed by atoms with Crippen LogP contribution >= 0.6 is 11.6 Å². The fraction of sp³-hybridized carbons (Fsp3) is 0.571. The highest BCUT2D eigenvalue weighted by Gasteiger charge is 2.19. The second kappa shape index (κ2) is 6.90. The highest BCUT2D eigenvalue weighted by atomic mass is 35.5. The van der Waals surface area contributed by atoms with E-state index < -0.39 is 4.92 Å². The number of hydrogen-bond acceptors (Lipinski definition) is 4. The number of nitrogens with one attached hydrogen (secondary N) is 1. The summed E-state index contributed by atoms with van der Waals surface area (Å²) < 4.78 is 0. The van der Waals surface area contributed by atoms with Crippen molar-refractivity contribution in [1.29, 1.82) is 0 Å². The standard InChI is InChI=1S/C14H20ClN3O2/c1-11-5-8-17(9-6-11)10-7-16-13-4-2-3-12(15)14(13)18(19)20/h2-4,11,16H,5-10H2,1H3. The van der Waals surface area contributed by atoms with Gasteiger partial charge in [0.1, 0.15) is 10.7 Å². The molecule has 0 bridgehead atoms. The quantitative estimate of drug-likeness (QED) is 0.668. The topological polar surface area (TPSA) is 58.4 Å². The first kappa shape index (κ1) is 15.1. The highest BCUT2D eigenvalue weighted by molar-refractivity contribution is 6.33. The SMILES string of the molecule is CC1CCN(CCNc2cccc(Cl)c2[N+](=O)[O-])CC1. The maximum absolute atomic E-state index is 11.0. The van der Waals surface area contributed by atoms with Crippen molar-refractivity contribution in [1.82, 2.24) is 4.90 Å². The van der Waals surface area contributed by atoms with Gasteiger partial charge < -0.3 is 10.2 Å². The lowest BCUT2D eigenvalue weighted by atomic mass is 9.99. The largest absolute Gasteiger partial charge is 0.378 e. The van der Waals surface area contributed by atoms with Crippen LogP contribution in [0.15, 0.2) is 18.2 Å². The van der Waals surface area contributed by atoms with Crippen LogP contribution in [0.2, 0.25) is 5.02 Å². The van der Waals surface area contributed by atoms with Crippen molar-refractivity contribution in [2.45, 2.75) is 19.8 Å². The number of nitro benzene ring substituents is 1. The van der Waals surface area contributed by atoms with Gasteiger partial charge >= 0.3 is 5.69 Å². The van der Waals surface area contributed by atoms with Crippen LogP contribution in [0.1, 0.15) is 19.8 Å². The van der Waals surface area contributed by atoms with Crippen LogP contribution in [-0.2, 0) is 0 Å².